The van der Waals surface area contributed by atoms with Crippen LogP contribution in [0, 0.1) is 0 Å². The minimum atomic E-state index is -0.117. The molecule has 0 bridgehead atoms. The molecule has 0 aliphatic carbocycles. The van der Waals surface area contributed by atoms with Crippen molar-refractivity contribution >= 4 is 0 Å². The third-order valence-corrected chi connectivity index (χ3v) is 2.24. The Morgan fingerprint density at radius 2 is 1.67 bits per heavy atom. The summed E-state index contributed by atoms with van der Waals surface area (Å²) < 4.78 is 11.0. The van der Waals surface area contributed by atoms with Crippen molar-refractivity contribution in [2.45, 2.75) is 53.2 Å². The van der Waals surface area contributed by atoms with Gasteiger partial charge in [0.1, 0.15) is 11.5 Å². The van der Waals surface area contributed by atoms with Gasteiger partial charge in [-0.25, -0.2) is 0 Å². The summed E-state index contributed by atoms with van der Waals surface area (Å²) in [5.41, 5.74) is 0. The maximum absolute atomic E-state index is 9.08. The Balaban J connectivity index is 0.000000659. The van der Waals surface area contributed by atoms with Crippen molar-refractivity contribution in [3.05, 3.63) is 24.3 Å². The van der Waals surface area contributed by atoms with Gasteiger partial charge in [-0.2, -0.15) is 0 Å². The van der Waals surface area contributed by atoms with Crippen LogP contribution in [0.15, 0.2) is 24.3 Å². The molecule has 1 N–H and O–H groups in total. The number of hydrogen-bond donors (Lipinski definition) is 1. The predicted octanol–water partition coefficient (Wildman–Crippen LogP) is 4.35. The lowest BCUT2D eigenvalue weighted by molar-refractivity contribution is -0.105. The predicted molar refractivity (Wildman–Crippen MR) is 75.0 cm³/mol. The molecule has 0 spiro atoms. The smallest absolute Gasteiger partial charge is 0.199 e. The SMILES string of the molecule is CC.CC.Oc1ccc(O[C@H]2CCCCO2)cc1. The summed E-state index contributed by atoms with van der Waals surface area (Å²) >= 11 is 0. The van der Waals surface area contributed by atoms with Crippen LogP contribution in [-0.4, -0.2) is 18.0 Å². The number of phenols is 1. The molecule has 0 saturated carbocycles. The molecule has 0 radical (unpaired) electrons. The molecule has 3 heteroatoms. The maximum Gasteiger partial charge on any atom is 0.199 e. The summed E-state index contributed by atoms with van der Waals surface area (Å²) in [6.07, 6.45) is 3.10. The summed E-state index contributed by atoms with van der Waals surface area (Å²) in [6, 6.07) is 6.71. The van der Waals surface area contributed by atoms with Crippen molar-refractivity contribution in [2.24, 2.45) is 0 Å². The van der Waals surface area contributed by atoms with E-state index in [1.807, 2.05) is 27.7 Å². The summed E-state index contributed by atoms with van der Waals surface area (Å²) in [6.45, 7) is 8.78. The number of phenolic OH excluding ortho intramolecular Hbond substituents is 1. The standard InChI is InChI=1S/C11H14O3.2C2H6/c12-9-4-6-10(7-5-9)14-11-3-1-2-8-13-11;2*1-2/h4-7,11-12H,1-3,8H2;2*1-2H3/t11-;;/m0../s1. The first kappa shape index (κ1) is 16.8. The topological polar surface area (TPSA) is 38.7 Å². The molecular weight excluding hydrogens is 228 g/mol. The Hall–Kier alpha value is -1.22. The van der Waals surface area contributed by atoms with Gasteiger partial charge in [0.25, 0.3) is 0 Å². The van der Waals surface area contributed by atoms with Crippen LogP contribution in [0.4, 0.5) is 0 Å². The van der Waals surface area contributed by atoms with Crippen LogP contribution in [-0.2, 0) is 4.74 Å². The molecule has 2 rings (SSSR count). The van der Waals surface area contributed by atoms with Gasteiger partial charge in [0.05, 0.1) is 6.61 Å². The lowest BCUT2D eigenvalue weighted by Gasteiger charge is -2.23. The van der Waals surface area contributed by atoms with Gasteiger partial charge in [-0.1, -0.05) is 27.7 Å². The van der Waals surface area contributed by atoms with Gasteiger partial charge in [0.15, 0.2) is 6.29 Å². The van der Waals surface area contributed by atoms with Crippen molar-refractivity contribution in [1.29, 1.82) is 0 Å². The van der Waals surface area contributed by atoms with Gasteiger partial charge in [0, 0.05) is 6.42 Å². The van der Waals surface area contributed by atoms with Gasteiger partial charge in [0.2, 0.25) is 0 Å². The van der Waals surface area contributed by atoms with E-state index in [0.29, 0.717) is 0 Å². The summed E-state index contributed by atoms with van der Waals surface area (Å²) in [5, 5.41) is 9.08. The molecule has 0 unspecified atom stereocenters. The van der Waals surface area contributed by atoms with E-state index >= 15 is 0 Å². The van der Waals surface area contributed by atoms with Gasteiger partial charge in [-0.15, -0.1) is 0 Å². The quantitative estimate of drug-likeness (QED) is 0.852. The average molecular weight is 254 g/mol. The van der Waals surface area contributed by atoms with E-state index < -0.39 is 0 Å². The normalized spacial score (nSPS) is 17.7. The second kappa shape index (κ2) is 10.9. The van der Waals surface area contributed by atoms with E-state index in [4.69, 9.17) is 14.6 Å². The average Bonchev–Trinajstić information content (AvgIpc) is 2.47. The summed E-state index contributed by atoms with van der Waals surface area (Å²) in [4.78, 5) is 0. The lowest BCUT2D eigenvalue weighted by Crippen LogP contribution is -2.24. The Labute approximate surface area is 111 Å². The highest BCUT2D eigenvalue weighted by Crippen LogP contribution is 2.21. The molecule has 104 valence electrons. The van der Waals surface area contributed by atoms with E-state index in [1.54, 1.807) is 24.3 Å². The second-order valence-corrected chi connectivity index (χ2v) is 3.41. The van der Waals surface area contributed by atoms with E-state index in [9.17, 15) is 0 Å². The third kappa shape index (κ3) is 6.50. The first-order chi connectivity index (χ1) is 8.84. The zero-order valence-electron chi connectivity index (χ0n) is 12.0. The van der Waals surface area contributed by atoms with E-state index in [0.717, 1.165) is 31.6 Å². The molecule has 0 aromatic heterocycles. The van der Waals surface area contributed by atoms with E-state index in [2.05, 4.69) is 0 Å². The zero-order valence-corrected chi connectivity index (χ0v) is 12.0. The minimum absolute atomic E-state index is 0.117. The molecule has 0 amide bonds. The van der Waals surface area contributed by atoms with E-state index in [1.165, 1.54) is 0 Å². The maximum atomic E-state index is 9.08. The molecule has 1 saturated heterocycles. The van der Waals surface area contributed by atoms with Crippen molar-refractivity contribution < 1.29 is 14.6 Å². The number of aromatic hydroxyl groups is 1. The van der Waals surface area contributed by atoms with Crippen LogP contribution in [0.25, 0.3) is 0 Å². The van der Waals surface area contributed by atoms with Crippen LogP contribution in [0.1, 0.15) is 47.0 Å². The fraction of sp³-hybridized carbons (Fsp3) is 0.600. The van der Waals surface area contributed by atoms with Gasteiger partial charge in [-0.05, 0) is 37.1 Å². The first-order valence-electron chi connectivity index (χ1n) is 6.92. The van der Waals surface area contributed by atoms with E-state index in [-0.39, 0.29) is 12.0 Å². The summed E-state index contributed by atoms with van der Waals surface area (Å²) in [5.74, 6) is 0.997. The number of rotatable bonds is 2. The van der Waals surface area contributed by atoms with Crippen LogP contribution in [0.5, 0.6) is 11.5 Å². The van der Waals surface area contributed by atoms with Crippen LogP contribution in [0.3, 0.4) is 0 Å². The van der Waals surface area contributed by atoms with Gasteiger partial charge < -0.3 is 14.6 Å². The van der Waals surface area contributed by atoms with Crippen molar-refractivity contribution in [2.75, 3.05) is 6.61 Å². The monoisotopic (exact) mass is 254 g/mol. The number of ether oxygens (including phenoxy) is 2. The van der Waals surface area contributed by atoms with Crippen LogP contribution < -0.4 is 4.74 Å². The molecule has 3 nitrogen and oxygen atoms in total. The Morgan fingerprint density at radius 1 is 1.06 bits per heavy atom. The number of hydrogen-bond acceptors (Lipinski definition) is 3. The fourth-order valence-electron chi connectivity index (χ4n) is 1.48. The zero-order chi connectivity index (χ0) is 13.8. The largest absolute Gasteiger partial charge is 0.508 e. The van der Waals surface area contributed by atoms with Crippen molar-refractivity contribution in [3.8, 4) is 11.5 Å². The second-order valence-electron chi connectivity index (χ2n) is 3.41. The highest BCUT2D eigenvalue weighted by Gasteiger charge is 2.14. The van der Waals surface area contributed by atoms with Gasteiger partial charge >= 0.3 is 0 Å². The van der Waals surface area contributed by atoms with Crippen LogP contribution in [0.2, 0.25) is 0 Å². The third-order valence-electron chi connectivity index (χ3n) is 2.24. The van der Waals surface area contributed by atoms with Gasteiger partial charge in [-0.3, -0.25) is 0 Å². The Morgan fingerprint density at radius 3 is 2.17 bits per heavy atom. The van der Waals surface area contributed by atoms with Crippen molar-refractivity contribution in [1.82, 2.24) is 0 Å². The molecule has 1 aromatic carbocycles. The molecule has 1 aliphatic heterocycles. The Bertz CT molecular complexity index is 276. The molecule has 1 atom stereocenters. The number of benzene rings is 1. The minimum Gasteiger partial charge on any atom is -0.508 e. The molecule has 1 aromatic rings. The van der Waals surface area contributed by atoms with Crippen molar-refractivity contribution in [3.63, 3.8) is 0 Å². The lowest BCUT2D eigenvalue weighted by atomic mass is 10.2. The highest BCUT2D eigenvalue weighted by molar-refractivity contribution is 5.30. The molecular formula is C15H26O3. The van der Waals surface area contributed by atoms with Crippen LogP contribution >= 0.6 is 0 Å². The first-order valence-corrected chi connectivity index (χ1v) is 6.92. The molecule has 1 aliphatic rings. The molecule has 1 fully saturated rings. The highest BCUT2D eigenvalue weighted by atomic mass is 16.7. The Kier molecular flexibility index (Phi) is 10.2. The summed E-state index contributed by atoms with van der Waals surface area (Å²) in [7, 11) is 0. The molecule has 1 heterocycles. The fourth-order valence-corrected chi connectivity index (χ4v) is 1.48. The molecule has 18 heavy (non-hydrogen) atoms.